The number of hydrogen-bond acceptors (Lipinski definition) is 5. The number of rotatable bonds is 5. The number of hydrogen-bond donors (Lipinski definition) is 2. The Labute approximate surface area is 173 Å². The molecule has 2 aromatic rings. The molecule has 0 radical (unpaired) electrons. The summed E-state index contributed by atoms with van der Waals surface area (Å²) >= 11 is 11.4. The molecule has 1 aliphatic rings. The lowest BCUT2D eigenvalue weighted by Gasteiger charge is -2.31. The zero-order chi connectivity index (χ0) is 20.3. The normalized spacial score (nSPS) is 16.1. The summed E-state index contributed by atoms with van der Waals surface area (Å²) in [5, 5.41) is 7.19. The minimum Gasteiger partial charge on any atom is -0.493 e. The largest absolute Gasteiger partial charge is 0.493 e. The van der Waals surface area contributed by atoms with E-state index in [9.17, 15) is 4.79 Å². The van der Waals surface area contributed by atoms with Crippen LogP contribution in [0.15, 0.2) is 48.0 Å². The lowest BCUT2D eigenvalue weighted by atomic mass is 9.92. The van der Waals surface area contributed by atoms with Crippen LogP contribution < -0.4 is 20.1 Å². The van der Waals surface area contributed by atoms with E-state index in [0.29, 0.717) is 32.9 Å². The van der Waals surface area contributed by atoms with Gasteiger partial charge in [0.05, 0.1) is 38.6 Å². The molecule has 28 heavy (non-hydrogen) atoms. The highest BCUT2D eigenvalue weighted by Gasteiger charge is 2.33. The summed E-state index contributed by atoms with van der Waals surface area (Å²) < 4.78 is 15.7. The second kappa shape index (κ2) is 8.50. The molecule has 0 bridgehead atoms. The fraction of sp³-hybridized carbons (Fsp3) is 0.200. The van der Waals surface area contributed by atoms with Gasteiger partial charge in [-0.1, -0.05) is 29.8 Å². The van der Waals surface area contributed by atoms with E-state index in [2.05, 4.69) is 10.6 Å². The van der Waals surface area contributed by atoms with Crippen LogP contribution in [0, 0.1) is 0 Å². The predicted molar refractivity (Wildman–Crippen MR) is 112 cm³/mol. The quantitative estimate of drug-likeness (QED) is 0.569. The number of ether oxygens (including phenoxy) is 3. The molecule has 0 saturated heterocycles. The first-order chi connectivity index (χ1) is 13.5. The van der Waals surface area contributed by atoms with Crippen LogP contribution in [-0.2, 0) is 9.53 Å². The van der Waals surface area contributed by atoms with Crippen LogP contribution in [0.25, 0.3) is 5.70 Å². The average molecular weight is 419 g/mol. The molecule has 2 aromatic carbocycles. The van der Waals surface area contributed by atoms with Gasteiger partial charge in [0.25, 0.3) is 0 Å². The van der Waals surface area contributed by atoms with E-state index in [1.54, 1.807) is 38.5 Å². The SMILES string of the molecule is COC(=O)C1=C(c2ccc(Cl)cc2)NC(=S)N[C@@H]1c1ccc(OC)c(OC)c1. The van der Waals surface area contributed by atoms with Crippen LogP contribution in [0.3, 0.4) is 0 Å². The monoisotopic (exact) mass is 418 g/mol. The van der Waals surface area contributed by atoms with Gasteiger partial charge >= 0.3 is 5.97 Å². The molecule has 3 rings (SSSR count). The van der Waals surface area contributed by atoms with E-state index in [1.165, 1.54) is 7.11 Å². The molecule has 1 heterocycles. The van der Waals surface area contributed by atoms with E-state index in [0.717, 1.165) is 11.1 Å². The van der Waals surface area contributed by atoms with Crippen LogP contribution in [0.1, 0.15) is 17.2 Å². The van der Waals surface area contributed by atoms with Crippen molar-refractivity contribution in [2.75, 3.05) is 21.3 Å². The second-order valence-electron chi connectivity index (χ2n) is 5.93. The maximum absolute atomic E-state index is 12.7. The summed E-state index contributed by atoms with van der Waals surface area (Å²) in [6.45, 7) is 0. The van der Waals surface area contributed by atoms with Crippen LogP contribution in [0.5, 0.6) is 11.5 Å². The molecule has 146 valence electrons. The number of methoxy groups -OCH3 is 3. The van der Waals surface area contributed by atoms with E-state index < -0.39 is 12.0 Å². The smallest absolute Gasteiger partial charge is 0.338 e. The third-order valence-electron chi connectivity index (χ3n) is 4.35. The Morgan fingerprint density at radius 3 is 2.32 bits per heavy atom. The summed E-state index contributed by atoms with van der Waals surface area (Å²) in [4.78, 5) is 12.7. The third kappa shape index (κ3) is 3.90. The Hall–Kier alpha value is -2.77. The highest BCUT2D eigenvalue weighted by molar-refractivity contribution is 7.80. The molecule has 8 heteroatoms. The number of carbonyl (C=O) groups excluding carboxylic acids is 1. The predicted octanol–water partition coefficient (Wildman–Crippen LogP) is 3.46. The van der Waals surface area contributed by atoms with Crippen LogP contribution >= 0.6 is 23.8 Å². The van der Waals surface area contributed by atoms with Crippen molar-refractivity contribution in [3.63, 3.8) is 0 Å². The Bertz CT molecular complexity index is 944. The number of benzene rings is 2. The summed E-state index contributed by atoms with van der Waals surface area (Å²) in [7, 11) is 4.46. The second-order valence-corrected chi connectivity index (χ2v) is 6.78. The number of halogens is 1. The van der Waals surface area contributed by atoms with Crippen molar-refractivity contribution < 1.29 is 19.0 Å². The number of carbonyl (C=O) groups is 1. The summed E-state index contributed by atoms with van der Waals surface area (Å²) in [6, 6.07) is 12.0. The van der Waals surface area contributed by atoms with Gasteiger partial charge in [-0.05, 0) is 47.6 Å². The summed E-state index contributed by atoms with van der Waals surface area (Å²) in [5.41, 5.74) is 2.49. The summed E-state index contributed by atoms with van der Waals surface area (Å²) in [5.74, 6) is 0.653. The maximum Gasteiger partial charge on any atom is 0.338 e. The van der Waals surface area contributed by atoms with Crippen LogP contribution in [0.4, 0.5) is 0 Å². The molecule has 0 spiro atoms. The first kappa shape index (κ1) is 20.0. The minimum absolute atomic E-state index is 0.386. The highest BCUT2D eigenvalue weighted by atomic mass is 35.5. The van der Waals surface area contributed by atoms with Gasteiger partial charge in [-0.25, -0.2) is 4.79 Å². The molecule has 0 fully saturated rings. The van der Waals surface area contributed by atoms with Crippen molar-refractivity contribution in [1.82, 2.24) is 10.6 Å². The third-order valence-corrected chi connectivity index (χ3v) is 4.82. The van der Waals surface area contributed by atoms with Gasteiger partial charge in [0, 0.05) is 5.02 Å². The highest BCUT2D eigenvalue weighted by Crippen LogP contribution is 2.36. The van der Waals surface area contributed by atoms with Gasteiger partial charge in [0.2, 0.25) is 0 Å². The molecule has 0 aliphatic carbocycles. The molecule has 0 unspecified atom stereocenters. The fourth-order valence-corrected chi connectivity index (χ4v) is 3.37. The zero-order valence-electron chi connectivity index (χ0n) is 15.5. The lowest BCUT2D eigenvalue weighted by Crippen LogP contribution is -2.45. The molecule has 0 amide bonds. The van der Waals surface area contributed by atoms with Gasteiger partial charge in [-0.15, -0.1) is 0 Å². The number of esters is 1. The Morgan fingerprint density at radius 2 is 1.71 bits per heavy atom. The average Bonchev–Trinajstić information content (AvgIpc) is 2.72. The van der Waals surface area contributed by atoms with E-state index >= 15 is 0 Å². The van der Waals surface area contributed by atoms with E-state index in [4.69, 9.17) is 38.0 Å². The van der Waals surface area contributed by atoms with Gasteiger partial charge in [0.15, 0.2) is 16.6 Å². The van der Waals surface area contributed by atoms with E-state index in [1.807, 2.05) is 18.2 Å². The van der Waals surface area contributed by atoms with Crippen molar-refractivity contribution >= 4 is 40.6 Å². The number of nitrogens with one attached hydrogen (secondary N) is 2. The molecule has 1 atom stereocenters. The van der Waals surface area contributed by atoms with Crippen molar-refractivity contribution in [2.24, 2.45) is 0 Å². The Balaban J connectivity index is 2.18. The molecule has 2 N–H and O–H groups in total. The summed E-state index contributed by atoms with van der Waals surface area (Å²) in [6.07, 6.45) is 0. The Morgan fingerprint density at radius 1 is 1.04 bits per heavy atom. The first-order valence-electron chi connectivity index (χ1n) is 8.36. The van der Waals surface area contributed by atoms with Gasteiger partial charge in [-0.2, -0.15) is 0 Å². The Kier molecular flexibility index (Phi) is 6.06. The first-order valence-corrected chi connectivity index (χ1v) is 9.15. The fourth-order valence-electron chi connectivity index (χ4n) is 3.02. The standard InChI is InChI=1S/C20H19ClN2O4S/c1-25-14-9-6-12(10-15(14)26-2)18-16(19(24)27-3)17(22-20(28)23-18)11-4-7-13(21)8-5-11/h4-10,18H,1-3H3,(H2,22,23,28)/t18-/m1/s1. The molecule has 6 nitrogen and oxygen atoms in total. The molecule has 0 saturated carbocycles. The van der Waals surface area contributed by atoms with Crippen LogP contribution in [0.2, 0.25) is 5.02 Å². The molecule has 0 aromatic heterocycles. The van der Waals surface area contributed by atoms with Gasteiger partial charge in [-0.3, -0.25) is 0 Å². The van der Waals surface area contributed by atoms with Gasteiger partial charge < -0.3 is 24.8 Å². The molecular weight excluding hydrogens is 400 g/mol. The minimum atomic E-state index is -0.535. The topological polar surface area (TPSA) is 68.8 Å². The zero-order valence-corrected chi connectivity index (χ0v) is 17.1. The van der Waals surface area contributed by atoms with Crippen molar-refractivity contribution in [3.8, 4) is 11.5 Å². The van der Waals surface area contributed by atoms with Crippen molar-refractivity contribution in [1.29, 1.82) is 0 Å². The number of thiocarbonyl (C=S) groups is 1. The van der Waals surface area contributed by atoms with Gasteiger partial charge in [0.1, 0.15) is 0 Å². The maximum atomic E-state index is 12.7. The van der Waals surface area contributed by atoms with Crippen LogP contribution in [-0.4, -0.2) is 32.4 Å². The molecular formula is C20H19ClN2O4S. The van der Waals surface area contributed by atoms with E-state index in [-0.39, 0.29) is 0 Å². The molecule has 1 aliphatic heterocycles. The lowest BCUT2D eigenvalue weighted by molar-refractivity contribution is -0.136. The van der Waals surface area contributed by atoms with Crippen molar-refractivity contribution in [3.05, 3.63) is 64.2 Å². The van der Waals surface area contributed by atoms with Crippen molar-refractivity contribution in [2.45, 2.75) is 6.04 Å².